The summed E-state index contributed by atoms with van der Waals surface area (Å²) in [6.45, 7) is 0.101. The maximum atomic E-state index is 12.8. The monoisotopic (exact) mass is 373 g/mol. The van der Waals surface area contributed by atoms with E-state index in [0.29, 0.717) is 29.0 Å². The lowest BCUT2D eigenvalue weighted by Crippen LogP contribution is -2.19. The van der Waals surface area contributed by atoms with Crippen molar-refractivity contribution in [3.8, 4) is 0 Å². The molecule has 1 N–H and O–H groups in total. The summed E-state index contributed by atoms with van der Waals surface area (Å²) >= 11 is 1.42. The average Bonchev–Trinajstić information content (AvgIpc) is 2.64. The Morgan fingerprint density at radius 3 is 2.62 bits per heavy atom. The van der Waals surface area contributed by atoms with Crippen LogP contribution in [0.4, 0.5) is 10.1 Å². The number of anilines is 1. The fourth-order valence-electron chi connectivity index (χ4n) is 2.47. The first kappa shape index (κ1) is 18.1. The van der Waals surface area contributed by atoms with Crippen molar-refractivity contribution in [2.24, 2.45) is 0 Å². The molecule has 134 valence electrons. The fraction of sp³-hybridized carbons (Fsp3) is 0.211. The number of halogens is 1. The van der Waals surface area contributed by atoms with E-state index in [1.54, 1.807) is 18.2 Å². The molecule has 0 bridgehead atoms. The molecule has 1 heterocycles. The molecule has 0 atom stereocenters. The van der Waals surface area contributed by atoms with E-state index in [1.807, 2.05) is 0 Å². The van der Waals surface area contributed by atoms with Crippen LogP contribution in [-0.4, -0.2) is 30.0 Å². The van der Waals surface area contributed by atoms with Gasteiger partial charge in [-0.25, -0.2) is 9.18 Å². The molecule has 5 nitrogen and oxygen atoms in total. The van der Waals surface area contributed by atoms with Crippen molar-refractivity contribution < 1.29 is 23.5 Å². The van der Waals surface area contributed by atoms with Gasteiger partial charge >= 0.3 is 5.97 Å². The van der Waals surface area contributed by atoms with Crippen molar-refractivity contribution >= 4 is 35.1 Å². The minimum atomic E-state index is -0.508. The van der Waals surface area contributed by atoms with Gasteiger partial charge in [-0.05, 0) is 48.9 Å². The van der Waals surface area contributed by atoms with Crippen LogP contribution in [0.3, 0.4) is 0 Å². The van der Waals surface area contributed by atoms with E-state index >= 15 is 0 Å². The number of hydrogen-bond donors (Lipinski definition) is 1. The summed E-state index contributed by atoms with van der Waals surface area (Å²) in [6, 6.07) is 10.3. The van der Waals surface area contributed by atoms with E-state index < -0.39 is 11.8 Å². The van der Waals surface area contributed by atoms with Crippen molar-refractivity contribution in [1.29, 1.82) is 0 Å². The van der Waals surface area contributed by atoms with Gasteiger partial charge in [0, 0.05) is 16.9 Å². The van der Waals surface area contributed by atoms with Gasteiger partial charge in [-0.2, -0.15) is 0 Å². The molecule has 2 aromatic rings. The van der Waals surface area contributed by atoms with Gasteiger partial charge in [0.1, 0.15) is 5.82 Å². The lowest BCUT2D eigenvalue weighted by molar-refractivity contribution is -0.113. The lowest BCUT2D eigenvalue weighted by atomic mass is 10.1. The smallest absolute Gasteiger partial charge is 0.338 e. The second kappa shape index (κ2) is 8.14. The number of amides is 1. The highest BCUT2D eigenvalue weighted by Gasteiger charge is 2.18. The van der Waals surface area contributed by atoms with Gasteiger partial charge < -0.3 is 10.1 Å². The molecule has 0 fully saturated rings. The zero-order chi connectivity index (χ0) is 18.5. The molecule has 7 heteroatoms. The molecule has 0 saturated heterocycles. The fourth-order valence-corrected chi connectivity index (χ4v) is 3.26. The molecule has 0 aliphatic carbocycles. The average molecular weight is 373 g/mol. The van der Waals surface area contributed by atoms with Crippen molar-refractivity contribution in [3.05, 3.63) is 59.4 Å². The van der Waals surface area contributed by atoms with Crippen LogP contribution in [0.1, 0.15) is 33.6 Å². The third-order valence-corrected chi connectivity index (χ3v) is 4.87. The highest BCUT2D eigenvalue weighted by Crippen LogP contribution is 2.32. The zero-order valence-corrected chi connectivity index (χ0v) is 14.6. The Morgan fingerprint density at radius 2 is 1.85 bits per heavy atom. The summed E-state index contributed by atoms with van der Waals surface area (Å²) in [4.78, 5) is 36.4. The number of rotatable bonds is 6. The van der Waals surface area contributed by atoms with E-state index in [0.717, 1.165) is 4.90 Å². The molecule has 1 aliphatic heterocycles. The number of thioether (sulfide) groups is 1. The molecule has 0 saturated carbocycles. The van der Waals surface area contributed by atoms with Gasteiger partial charge in [-0.1, -0.05) is 0 Å². The number of fused-ring (bicyclic) bond motifs is 1. The SMILES string of the molecule is O=C1CSc2ccc(C(=O)OCCCC(=O)c3ccc(F)cc3)cc2N1. The molecule has 3 rings (SSSR count). The number of esters is 1. The Labute approximate surface area is 153 Å². The van der Waals surface area contributed by atoms with Crippen LogP contribution >= 0.6 is 11.8 Å². The van der Waals surface area contributed by atoms with Crippen LogP contribution in [0.15, 0.2) is 47.4 Å². The normalized spacial score (nSPS) is 12.9. The number of benzene rings is 2. The van der Waals surface area contributed by atoms with Crippen LogP contribution in [0.5, 0.6) is 0 Å². The number of nitrogens with one attached hydrogen (secondary N) is 1. The molecule has 0 aromatic heterocycles. The Morgan fingerprint density at radius 1 is 1.12 bits per heavy atom. The maximum absolute atomic E-state index is 12.8. The van der Waals surface area contributed by atoms with Crippen LogP contribution < -0.4 is 5.32 Å². The molecule has 0 spiro atoms. The van der Waals surface area contributed by atoms with Crippen molar-refractivity contribution in [2.75, 3.05) is 17.7 Å². The Bertz CT molecular complexity index is 851. The van der Waals surface area contributed by atoms with Crippen LogP contribution in [-0.2, 0) is 9.53 Å². The second-order valence-corrected chi connectivity index (χ2v) is 6.73. The Hall–Kier alpha value is -2.67. The summed E-state index contributed by atoms with van der Waals surface area (Å²) in [7, 11) is 0. The van der Waals surface area contributed by atoms with Crippen molar-refractivity contribution in [1.82, 2.24) is 0 Å². The number of carbonyl (C=O) groups excluding carboxylic acids is 3. The number of hydrogen-bond acceptors (Lipinski definition) is 5. The predicted octanol–water partition coefficient (Wildman–Crippen LogP) is 3.69. The van der Waals surface area contributed by atoms with E-state index in [-0.39, 0.29) is 24.7 Å². The van der Waals surface area contributed by atoms with Gasteiger partial charge in [0.2, 0.25) is 5.91 Å². The van der Waals surface area contributed by atoms with Crippen LogP contribution in [0.25, 0.3) is 0 Å². The van der Waals surface area contributed by atoms with Gasteiger partial charge in [0.05, 0.1) is 23.6 Å². The summed E-state index contributed by atoms with van der Waals surface area (Å²) in [6.07, 6.45) is 0.579. The third kappa shape index (κ3) is 4.49. The first-order chi connectivity index (χ1) is 12.5. The van der Waals surface area contributed by atoms with Gasteiger partial charge in [0.25, 0.3) is 0 Å². The largest absolute Gasteiger partial charge is 0.462 e. The standard InChI is InChI=1S/C19H16FNO4S/c20-14-6-3-12(4-7-14)16(22)2-1-9-25-19(24)13-5-8-17-15(10-13)21-18(23)11-26-17/h3-8,10H,1-2,9,11H2,(H,21,23). The summed E-state index contributed by atoms with van der Waals surface area (Å²) < 4.78 is 18.0. The van der Waals surface area contributed by atoms with E-state index in [1.165, 1.54) is 36.0 Å². The molecule has 0 radical (unpaired) electrons. The number of Topliss-reactive ketones (excluding diaryl/α,β-unsaturated/α-hetero) is 1. The van der Waals surface area contributed by atoms with Gasteiger partial charge in [-0.3, -0.25) is 9.59 Å². The predicted molar refractivity (Wildman–Crippen MR) is 96.0 cm³/mol. The summed E-state index contributed by atoms with van der Waals surface area (Å²) in [5.41, 5.74) is 1.38. The van der Waals surface area contributed by atoms with Crippen LogP contribution in [0, 0.1) is 5.82 Å². The summed E-state index contributed by atoms with van der Waals surface area (Å²) in [5.74, 6) is -0.775. The Balaban J connectivity index is 1.48. The molecular formula is C19H16FNO4S. The first-order valence-corrected chi connectivity index (χ1v) is 9.04. The van der Waals surface area contributed by atoms with E-state index in [4.69, 9.17) is 4.74 Å². The minimum Gasteiger partial charge on any atom is -0.462 e. The highest BCUT2D eigenvalue weighted by atomic mass is 32.2. The molecule has 26 heavy (non-hydrogen) atoms. The topological polar surface area (TPSA) is 72.5 Å². The highest BCUT2D eigenvalue weighted by molar-refractivity contribution is 8.00. The molecule has 1 amide bonds. The van der Waals surface area contributed by atoms with Gasteiger partial charge in [-0.15, -0.1) is 11.8 Å². The van der Waals surface area contributed by atoms with Gasteiger partial charge in [0.15, 0.2) is 5.78 Å². The quantitative estimate of drug-likeness (QED) is 0.475. The van der Waals surface area contributed by atoms with Crippen molar-refractivity contribution in [2.45, 2.75) is 17.7 Å². The third-order valence-electron chi connectivity index (χ3n) is 3.80. The van der Waals surface area contributed by atoms with Crippen LogP contribution in [0.2, 0.25) is 0 Å². The molecule has 0 unspecified atom stereocenters. The second-order valence-electron chi connectivity index (χ2n) is 5.72. The number of ether oxygens (including phenoxy) is 1. The minimum absolute atomic E-state index is 0.101. The molecule has 1 aliphatic rings. The number of carbonyl (C=O) groups is 3. The van der Waals surface area contributed by atoms with E-state index in [2.05, 4.69) is 5.32 Å². The lowest BCUT2D eigenvalue weighted by Gasteiger charge is -2.16. The van der Waals surface area contributed by atoms with Crippen molar-refractivity contribution in [3.63, 3.8) is 0 Å². The summed E-state index contributed by atoms with van der Waals surface area (Å²) in [5, 5.41) is 2.72. The first-order valence-electron chi connectivity index (χ1n) is 8.05. The Kier molecular flexibility index (Phi) is 5.68. The molecular weight excluding hydrogens is 357 g/mol. The number of ketones is 1. The molecule has 2 aromatic carbocycles. The zero-order valence-electron chi connectivity index (χ0n) is 13.8. The maximum Gasteiger partial charge on any atom is 0.338 e. The van der Waals surface area contributed by atoms with E-state index in [9.17, 15) is 18.8 Å².